The van der Waals surface area contributed by atoms with Crippen molar-refractivity contribution in [2.75, 3.05) is 6.61 Å². The maximum Gasteiger partial charge on any atom is 0.342 e. The predicted octanol–water partition coefficient (Wildman–Crippen LogP) is 5.87. The molecule has 0 unspecified atom stereocenters. The topological polar surface area (TPSA) is 77.2 Å². The number of halogens is 1. The smallest absolute Gasteiger partial charge is 0.342 e. The highest BCUT2D eigenvalue weighted by atomic mass is 35.5. The average Bonchev–Trinajstić information content (AvgIpc) is 3.15. The molecule has 0 atom stereocenters. The number of carboxylic acids is 1. The molecule has 0 aliphatic heterocycles. The minimum Gasteiger partial charge on any atom is -0.493 e. The number of hydrogen-bond donors (Lipinski definition) is 1. The zero-order valence-electron chi connectivity index (χ0n) is 17.6. The third kappa shape index (κ3) is 6.12. The van der Waals surface area contributed by atoms with Crippen molar-refractivity contribution < 1.29 is 14.6 Å². The Morgan fingerprint density at radius 1 is 1.16 bits per heavy atom. The summed E-state index contributed by atoms with van der Waals surface area (Å²) in [6.07, 6.45) is 1.62. The Kier molecular flexibility index (Phi) is 7.76. The minimum atomic E-state index is -1.02. The zero-order chi connectivity index (χ0) is 22.4. The quantitative estimate of drug-likeness (QED) is 0.320. The van der Waals surface area contributed by atoms with Gasteiger partial charge in [0.1, 0.15) is 10.7 Å². The first kappa shape index (κ1) is 22.9. The second-order valence-electron chi connectivity index (χ2n) is 7.25. The summed E-state index contributed by atoms with van der Waals surface area (Å²) in [4.78, 5) is 12.0. The predicted molar refractivity (Wildman–Crippen MR) is 124 cm³/mol. The number of aromatic nitrogens is 3. The lowest BCUT2D eigenvalue weighted by Gasteiger charge is -2.09. The molecule has 1 aromatic heterocycles. The third-order valence-electron chi connectivity index (χ3n) is 4.31. The standard InChI is InChI=1S/C23H24ClN3O3S/c1-4-27-21(17-7-9-18(24)10-8-17)25-26-23(27)31-20(22(28)29)13-16-5-11-19(12-6-16)30-14-15(2)3/h5-13,15H,4,14H2,1-3H3,(H,28,29)/b20-13+. The first-order chi connectivity index (χ1) is 14.9. The lowest BCUT2D eigenvalue weighted by molar-refractivity contribution is -0.131. The van der Waals surface area contributed by atoms with Crippen molar-refractivity contribution in [1.29, 1.82) is 0 Å². The Labute approximate surface area is 190 Å². The second kappa shape index (κ2) is 10.5. The summed E-state index contributed by atoms with van der Waals surface area (Å²) >= 11 is 7.05. The van der Waals surface area contributed by atoms with Gasteiger partial charge in [-0.2, -0.15) is 0 Å². The van der Waals surface area contributed by atoms with Crippen LogP contribution in [0.2, 0.25) is 5.02 Å². The Bertz CT molecular complexity index is 1060. The summed E-state index contributed by atoms with van der Waals surface area (Å²) in [5, 5.41) is 19.4. The van der Waals surface area contributed by atoms with Crippen LogP contribution < -0.4 is 4.74 Å². The largest absolute Gasteiger partial charge is 0.493 e. The number of carbonyl (C=O) groups is 1. The van der Waals surface area contributed by atoms with Gasteiger partial charge in [0.15, 0.2) is 11.0 Å². The van der Waals surface area contributed by atoms with Gasteiger partial charge in [0.2, 0.25) is 0 Å². The van der Waals surface area contributed by atoms with E-state index in [9.17, 15) is 9.90 Å². The maximum absolute atomic E-state index is 11.9. The number of ether oxygens (including phenoxy) is 1. The van der Waals surface area contributed by atoms with Crippen LogP contribution in [0.15, 0.2) is 58.6 Å². The molecule has 162 valence electrons. The highest BCUT2D eigenvalue weighted by Gasteiger charge is 2.18. The van der Waals surface area contributed by atoms with Crippen LogP contribution in [0.25, 0.3) is 17.5 Å². The van der Waals surface area contributed by atoms with Crippen molar-refractivity contribution in [3.63, 3.8) is 0 Å². The van der Waals surface area contributed by atoms with E-state index >= 15 is 0 Å². The molecule has 0 aliphatic carbocycles. The van der Waals surface area contributed by atoms with Gasteiger partial charge < -0.3 is 14.4 Å². The van der Waals surface area contributed by atoms with E-state index < -0.39 is 5.97 Å². The number of aliphatic carboxylic acids is 1. The Morgan fingerprint density at radius 3 is 2.42 bits per heavy atom. The van der Waals surface area contributed by atoms with Gasteiger partial charge >= 0.3 is 5.97 Å². The first-order valence-corrected chi connectivity index (χ1v) is 11.1. The molecule has 0 spiro atoms. The van der Waals surface area contributed by atoms with Crippen LogP contribution in [0.5, 0.6) is 5.75 Å². The van der Waals surface area contributed by atoms with Gasteiger partial charge in [-0.3, -0.25) is 0 Å². The van der Waals surface area contributed by atoms with E-state index in [-0.39, 0.29) is 4.91 Å². The van der Waals surface area contributed by atoms with E-state index in [0.717, 1.165) is 28.6 Å². The van der Waals surface area contributed by atoms with Gasteiger partial charge in [0, 0.05) is 17.1 Å². The van der Waals surface area contributed by atoms with E-state index in [4.69, 9.17) is 16.3 Å². The number of rotatable bonds is 9. The summed E-state index contributed by atoms with van der Waals surface area (Å²) in [6.45, 7) is 7.37. The molecule has 0 bridgehead atoms. The molecule has 3 aromatic rings. The summed E-state index contributed by atoms with van der Waals surface area (Å²) in [6, 6.07) is 14.7. The van der Waals surface area contributed by atoms with Crippen molar-refractivity contribution in [2.24, 2.45) is 5.92 Å². The average molecular weight is 458 g/mol. The van der Waals surface area contributed by atoms with Gasteiger partial charge in [-0.25, -0.2) is 4.79 Å². The zero-order valence-corrected chi connectivity index (χ0v) is 19.2. The first-order valence-electron chi connectivity index (χ1n) is 9.92. The molecule has 1 N–H and O–H groups in total. The summed E-state index contributed by atoms with van der Waals surface area (Å²) < 4.78 is 7.56. The fraction of sp³-hybridized carbons (Fsp3) is 0.261. The number of benzene rings is 2. The summed E-state index contributed by atoms with van der Waals surface area (Å²) in [5.41, 5.74) is 1.63. The highest BCUT2D eigenvalue weighted by molar-refractivity contribution is 8.04. The normalized spacial score (nSPS) is 11.7. The van der Waals surface area contributed by atoms with Crippen LogP contribution in [0.4, 0.5) is 0 Å². The molecule has 31 heavy (non-hydrogen) atoms. The van der Waals surface area contributed by atoms with Crippen LogP contribution in [-0.2, 0) is 11.3 Å². The lowest BCUT2D eigenvalue weighted by Crippen LogP contribution is -2.04. The van der Waals surface area contributed by atoms with Crippen LogP contribution in [-0.4, -0.2) is 32.4 Å². The molecule has 8 heteroatoms. The van der Waals surface area contributed by atoms with Crippen molar-refractivity contribution in [1.82, 2.24) is 14.8 Å². The fourth-order valence-electron chi connectivity index (χ4n) is 2.77. The third-order valence-corrected chi connectivity index (χ3v) is 5.56. The molecule has 0 amide bonds. The van der Waals surface area contributed by atoms with Crippen molar-refractivity contribution in [3.8, 4) is 17.1 Å². The molecular weight excluding hydrogens is 434 g/mol. The van der Waals surface area contributed by atoms with Crippen LogP contribution in [0.1, 0.15) is 26.3 Å². The molecular formula is C23H24ClN3O3S. The maximum atomic E-state index is 11.9. The van der Waals surface area contributed by atoms with Crippen LogP contribution >= 0.6 is 23.4 Å². The van der Waals surface area contributed by atoms with E-state index in [1.807, 2.05) is 47.9 Å². The van der Waals surface area contributed by atoms with Gasteiger partial charge in [0.05, 0.1) is 6.61 Å². The molecule has 0 aliphatic rings. The minimum absolute atomic E-state index is 0.153. The molecule has 0 saturated carbocycles. The van der Waals surface area contributed by atoms with Crippen molar-refractivity contribution in [3.05, 3.63) is 64.0 Å². The fourth-order valence-corrected chi connectivity index (χ4v) is 3.78. The Hall–Kier alpha value is -2.77. The molecule has 2 aromatic carbocycles. The summed E-state index contributed by atoms with van der Waals surface area (Å²) in [5.74, 6) is 0.832. The van der Waals surface area contributed by atoms with Gasteiger partial charge in [0.25, 0.3) is 0 Å². The molecule has 3 rings (SSSR count). The number of carboxylic acid groups (broad SMARTS) is 1. The lowest BCUT2D eigenvalue weighted by atomic mass is 10.2. The second-order valence-corrected chi connectivity index (χ2v) is 8.69. The molecule has 6 nitrogen and oxygen atoms in total. The SMILES string of the molecule is CCn1c(S/C(=C/c2ccc(OCC(C)C)cc2)C(=O)O)nnc1-c1ccc(Cl)cc1. The number of nitrogens with zero attached hydrogens (tertiary/aromatic N) is 3. The molecule has 0 saturated heterocycles. The van der Waals surface area contributed by atoms with Crippen LogP contribution in [0, 0.1) is 5.92 Å². The molecule has 1 heterocycles. The number of hydrogen-bond acceptors (Lipinski definition) is 5. The summed E-state index contributed by atoms with van der Waals surface area (Å²) in [7, 11) is 0. The van der Waals surface area contributed by atoms with Crippen molar-refractivity contribution >= 4 is 35.4 Å². The molecule has 0 fully saturated rings. The van der Waals surface area contributed by atoms with Gasteiger partial charge in [-0.15, -0.1) is 10.2 Å². The monoisotopic (exact) mass is 457 g/mol. The number of thioether (sulfide) groups is 1. The Balaban J connectivity index is 1.83. The van der Waals surface area contributed by atoms with E-state index in [0.29, 0.717) is 35.1 Å². The Morgan fingerprint density at radius 2 is 1.84 bits per heavy atom. The van der Waals surface area contributed by atoms with E-state index in [2.05, 4.69) is 24.0 Å². The van der Waals surface area contributed by atoms with Gasteiger partial charge in [-0.1, -0.05) is 37.6 Å². The van der Waals surface area contributed by atoms with Gasteiger partial charge in [-0.05, 0) is 72.6 Å². The van der Waals surface area contributed by atoms with Crippen LogP contribution in [0.3, 0.4) is 0 Å². The van der Waals surface area contributed by atoms with E-state index in [1.165, 1.54) is 0 Å². The highest BCUT2D eigenvalue weighted by Crippen LogP contribution is 2.31. The van der Waals surface area contributed by atoms with Crippen molar-refractivity contribution in [2.45, 2.75) is 32.5 Å². The van der Waals surface area contributed by atoms with E-state index in [1.54, 1.807) is 18.2 Å². The molecule has 0 radical (unpaired) electrons.